The molecule has 90 valence electrons. The Morgan fingerprint density at radius 2 is 1.88 bits per heavy atom. The van der Waals surface area contributed by atoms with Crippen molar-refractivity contribution in [2.24, 2.45) is 0 Å². The summed E-state index contributed by atoms with van der Waals surface area (Å²) in [5.74, 6) is -0.874. The van der Waals surface area contributed by atoms with E-state index in [4.69, 9.17) is 9.47 Å². The first-order valence-corrected chi connectivity index (χ1v) is 5.10. The predicted octanol–water partition coefficient (Wildman–Crippen LogP) is 2.00. The van der Waals surface area contributed by atoms with E-state index in [0.29, 0.717) is 17.8 Å². The normalized spacial score (nSPS) is 12.9. The molecule has 0 aliphatic heterocycles. The van der Waals surface area contributed by atoms with Gasteiger partial charge < -0.3 is 9.47 Å². The molecule has 0 aliphatic rings. The predicted molar refractivity (Wildman–Crippen MR) is 60.8 cm³/mol. The van der Waals surface area contributed by atoms with Gasteiger partial charge in [0, 0.05) is 11.1 Å². The summed E-state index contributed by atoms with van der Waals surface area (Å²) in [4.78, 5) is 22.4. The summed E-state index contributed by atoms with van der Waals surface area (Å²) in [7, 11) is 0. The third-order valence-electron chi connectivity index (χ3n) is 1.72. The Morgan fingerprint density at radius 1 is 1.31 bits per heavy atom. The van der Waals surface area contributed by atoms with E-state index < -0.39 is 18.0 Å². The van der Waals surface area contributed by atoms with Crippen molar-refractivity contribution in [2.45, 2.75) is 33.8 Å². The number of rotatable bonds is 5. The smallest absolute Gasteiger partial charge is 0.333 e. The lowest BCUT2D eigenvalue weighted by atomic mass is 10.2. The maximum absolute atomic E-state index is 11.2. The number of carbonyl (C=O) groups is 2. The molecule has 0 heterocycles. The van der Waals surface area contributed by atoms with Gasteiger partial charge in [-0.25, -0.2) is 9.59 Å². The Morgan fingerprint density at radius 3 is 2.31 bits per heavy atom. The van der Waals surface area contributed by atoms with E-state index in [1.807, 2.05) is 0 Å². The fourth-order valence-electron chi connectivity index (χ4n) is 0.968. The highest BCUT2D eigenvalue weighted by atomic mass is 16.5. The van der Waals surface area contributed by atoms with Crippen molar-refractivity contribution in [3.05, 3.63) is 23.8 Å². The van der Waals surface area contributed by atoms with Crippen molar-refractivity contribution < 1.29 is 19.1 Å². The zero-order valence-corrected chi connectivity index (χ0v) is 10.2. The van der Waals surface area contributed by atoms with E-state index in [-0.39, 0.29) is 0 Å². The van der Waals surface area contributed by atoms with Gasteiger partial charge in [-0.1, -0.05) is 6.58 Å². The lowest BCUT2D eigenvalue weighted by molar-refractivity contribution is -0.142. The van der Waals surface area contributed by atoms with Gasteiger partial charge in [-0.15, -0.1) is 0 Å². The number of carbonyl (C=O) groups excluding carboxylic acids is 2. The van der Waals surface area contributed by atoms with Gasteiger partial charge in [-0.3, -0.25) is 0 Å². The van der Waals surface area contributed by atoms with Gasteiger partial charge in [0.25, 0.3) is 0 Å². The Kier molecular flexibility index (Phi) is 6.15. The Bertz CT molecular complexity index is 315. The van der Waals surface area contributed by atoms with Crippen molar-refractivity contribution in [3.63, 3.8) is 0 Å². The molecule has 0 amide bonds. The molecule has 0 spiro atoms. The van der Waals surface area contributed by atoms with Crippen LogP contribution in [0, 0.1) is 0 Å². The Balaban J connectivity index is 4.36. The largest absolute Gasteiger partial charge is 0.463 e. The second-order valence-corrected chi connectivity index (χ2v) is 3.46. The lowest BCUT2D eigenvalue weighted by Crippen LogP contribution is -2.15. The van der Waals surface area contributed by atoms with Crippen molar-refractivity contribution in [1.82, 2.24) is 0 Å². The topological polar surface area (TPSA) is 52.6 Å². The molecule has 1 unspecified atom stereocenters. The molecule has 0 aromatic carbocycles. The number of ether oxygens (including phenoxy) is 2. The second-order valence-electron chi connectivity index (χ2n) is 3.46. The summed E-state index contributed by atoms with van der Waals surface area (Å²) in [6.07, 6.45) is 1.06. The minimum Gasteiger partial charge on any atom is -0.463 e. The summed E-state index contributed by atoms with van der Waals surface area (Å²) in [5.41, 5.74) is 0.748. The summed E-state index contributed by atoms with van der Waals surface area (Å²) in [6, 6.07) is 0. The average Bonchev–Trinajstić information content (AvgIpc) is 2.17. The van der Waals surface area contributed by atoms with E-state index in [0.717, 1.165) is 0 Å². The third-order valence-corrected chi connectivity index (χ3v) is 1.72. The average molecular weight is 226 g/mol. The number of esters is 2. The van der Waals surface area contributed by atoms with Crippen LogP contribution in [-0.2, 0) is 19.1 Å². The van der Waals surface area contributed by atoms with E-state index in [9.17, 15) is 9.59 Å². The van der Waals surface area contributed by atoms with Gasteiger partial charge in [0.1, 0.15) is 6.10 Å². The van der Waals surface area contributed by atoms with Gasteiger partial charge in [-0.05, 0) is 33.8 Å². The molecule has 1 atom stereocenters. The van der Waals surface area contributed by atoms with Crippen LogP contribution in [0.25, 0.3) is 0 Å². The van der Waals surface area contributed by atoms with Crippen LogP contribution in [-0.4, -0.2) is 24.6 Å². The van der Waals surface area contributed by atoms with Gasteiger partial charge in [-0.2, -0.15) is 0 Å². The molecule has 4 nitrogen and oxygen atoms in total. The minimum atomic E-state index is -0.478. The second kappa shape index (κ2) is 6.82. The quantitative estimate of drug-likeness (QED) is 0.531. The van der Waals surface area contributed by atoms with Crippen LogP contribution in [0.5, 0.6) is 0 Å². The van der Waals surface area contributed by atoms with Gasteiger partial charge in [0.15, 0.2) is 0 Å². The van der Waals surface area contributed by atoms with Gasteiger partial charge in [0.2, 0.25) is 0 Å². The summed E-state index contributed by atoms with van der Waals surface area (Å²) in [6.45, 7) is 10.4. The summed E-state index contributed by atoms with van der Waals surface area (Å²) in [5, 5.41) is 0. The van der Waals surface area contributed by atoms with Crippen LogP contribution in [0.4, 0.5) is 0 Å². The van der Waals surface area contributed by atoms with Crippen molar-refractivity contribution in [2.75, 3.05) is 6.61 Å². The molecule has 0 aliphatic carbocycles. The molecule has 0 aromatic heterocycles. The Hall–Kier alpha value is -1.58. The molecule has 16 heavy (non-hydrogen) atoms. The maximum atomic E-state index is 11.2. The van der Waals surface area contributed by atoms with Gasteiger partial charge in [0.05, 0.1) is 6.61 Å². The monoisotopic (exact) mass is 226 g/mol. The zero-order valence-electron chi connectivity index (χ0n) is 10.2. The van der Waals surface area contributed by atoms with E-state index in [1.165, 1.54) is 0 Å². The third kappa shape index (κ3) is 5.34. The van der Waals surface area contributed by atoms with Crippen molar-refractivity contribution in [1.29, 1.82) is 0 Å². The zero-order chi connectivity index (χ0) is 12.7. The first-order valence-electron chi connectivity index (χ1n) is 5.10. The highest BCUT2D eigenvalue weighted by molar-refractivity contribution is 5.88. The van der Waals surface area contributed by atoms with Gasteiger partial charge >= 0.3 is 11.9 Å². The molecule has 0 N–H and O–H groups in total. The van der Waals surface area contributed by atoms with Crippen molar-refractivity contribution >= 4 is 11.9 Å². The van der Waals surface area contributed by atoms with Crippen LogP contribution in [0.1, 0.15) is 27.7 Å². The van der Waals surface area contributed by atoms with Crippen LogP contribution in [0.2, 0.25) is 0 Å². The fraction of sp³-hybridized carbons (Fsp3) is 0.500. The van der Waals surface area contributed by atoms with Crippen molar-refractivity contribution in [3.8, 4) is 0 Å². The summed E-state index contributed by atoms with van der Waals surface area (Å²) < 4.78 is 9.78. The molecule has 0 aromatic rings. The Labute approximate surface area is 95.9 Å². The molecular formula is C12H18O4. The first-order chi connectivity index (χ1) is 7.38. The molecule has 0 bridgehead atoms. The highest BCUT2D eigenvalue weighted by Crippen LogP contribution is 2.04. The standard InChI is InChI=1S/C12H18O4/c1-6-15-12(14)9(4)7-10(5)16-11(13)8(2)3/h7,10H,2,6H2,1,3-5H3/b9-7+. The van der Waals surface area contributed by atoms with E-state index >= 15 is 0 Å². The lowest BCUT2D eigenvalue weighted by Gasteiger charge is -2.10. The van der Waals surface area contributed by atoms with Crippen LogP contribution >= 0.6 is 0 Å². The maximum Gasteiger partial charge on any atom is 0.333 e. The SMILES string of the molecule is C=C(C)C(=O)OC(C)/C=C(\C)C(=O)OCC. The molecule has 0 radical (unpaired) electrons. The molecule has 0 fully saturated rings. The van der Waals surface area contributed by atoms with E-state index in [1.54, 1.807) is 33.8 Å². The minimum absolute atomic E-state index is 0.323. The molecule has 0 saturated carbocycles. The first kappa shape index (κ1) is 14.4. The molecule has 4 heteroatoms. The fourth-order valence-corrected chi connectivity index (χ4v) is 0.968. The highest BCUT2D eigenvalue weighted by Gasteiger charge is 2.11. The van der Waals surface area contributed by atoms with E-state index in [2.05, 4.69) is 6.58 Å². The van der Waals surface area contributed by atoms with Crippen LogP contribution in [0.3, 0.4) is 0 Å². The molecular weight excluding hydrogens is 208 g/mol. The number of hydrogen-bond donors (Lipinski definition) is 0. The molecule has 0 saturated heterocycles. The number of hydrogen-bond acceptors (Lipinski definition) is 4. The summed E-state index contributed by atoms with van der Waals surface area (Å²) >= 11 is 0. The van der Waals surface area contributed by atoms with Crippen LogP contribution < -0.4 is 0 Å². The molecule has 0 rings (SSSR count). The van der Waals surface area contributed by atoms with Crippen LogP contribution in [0.15, 0.2) is 23.8 Å².